The van der Waals surface area contributed by atoms with Gasteiger partial charge >= 0.3 is 0 Å². The molecule has 0 aliphatic rings. The average molecular weight is 578 g/mol. The first-order chi connectivity index (χ1) is 19.5. The molecular formula is C34H28NO2PS2. The number of aryl methyl sites for hydroxylation is 1. The standard InChI is InChI=1S/C34H28NO2PS2/c1-25-21-23-29(24-22-25)40(36,37)35-32-30-19-11-12-20-31(30)39-34(32)33(26-13-5-2-6-14-26)38(27-15-7-3-8-16-27)28-17-9-4-10-18-28/h2-24,33,35H,1H3/t33-/m0/s1. The molecule has 6 heteroatoms. The molecule has 0 fully saturated rings. The van der Waals surface area contributed by atoms with Crippen molar-refractivity contribution >= 4 is 55.7 Å². The summed E-state index contributed by atoms with van der Waals surface area (Å²) < 4.78 is 31.6. The molecule has 0 unspecified atom stereocenters. The van der Waals surface area contributed by atoms with Gasteiger partial charge in [0, 0.05) is 20.6 Å². The number of hydrogen-bond acceptors (Lipinski definition) is 3. The van der Waals surface area contributed by atoms with Gasteiger partial charge in [0.25, 0.3) is 10.0 Å². The van der Waals surface area contributed by atoms with Gasteiger partial charge in [0.2, 0.25) is 0 Å². The van der Waals surface area contributed by atoms with Crippen molar-refractivity contribution in [2.45, 2.75) is 17.5 Å². The molecule has 6 rings (SSSR count). The zero-order valence-corrected chi connectivity index (χ0v) is 24.5. The van der Waals surface area contributed by atoms with Crippen molar-refractivity contribution in [2.75, 3.05) is 4.72 Å². The largest absolute Gasteiger partial charge is 0.278 e. The summed E-state index contributed by atoms with van der Waals surface area (Å²) in [7, 11) is -4.77. The van der Waals surface area contributed by atoms with E-state index in [4.69, 9.17) is 0 Å². The highest BCUT2D eigenvalue weighted by molar-refractivity contribution is 7.92. The lowest BCUT2D eigenvalue weighted by molar-refractivity contribution is 0.601. The van der Waals surface area contributed by atoms with Crippen molar-refractivity contribution < 1.29 is 8.42 Å². The van der Waals surface area contributed by atoms with Gasteiger partial charge in [-0.05, 0) is 49.2 Å². The van der Waals surface area contributed by atoms with E-state index < -0.39 is 17.9 Å². The van der Waals surface area contributed by atoms with E-state index in [1.807, 2.05) is 55.5 Å². The van der Waals surface area contributed by atoms with Crippen LogP contribution in [0.15, 0.2) is 144 Å². The zero-order chi connectivity index (χ0) is 27.5. The molecule has 0 saturated carbocycles. The average Bonchev–Trinajstić information content (AvgIpc) is 3.34. The van der Waals surface area contributed by atoms with Crippen molar-refractivity contribution in [2.24, 2.45) is 0 Å². The van der Waals surface area contributed by atoms with E-state index in [-0.39, 0.29) is 10.6 Å². The molecule has 0 aliphatic heterocycles. The van der Waals surface area contributed by atoms with Crippen LogP contribution in [0.2, 0.25) is 0 Å². The molecule has 0 amide bonds. The second-order valence-electron chi connectivity index (χ2n) is 9.61. The Morgan fingerprint density at radius 2 is 1.18 bits per heavy atom. The van der Waals surface area contributed by atoms with Crippen molar-refractivity contribution in [3.05, 3.63) is 156 Å². The highest BCUT2D eigenvalue weighted by atomic mass is 32.2. The van der Waals surface area contributed by atoms with Crippen LogP contribution in [0.5, 0.6) is 0 Å². The van der Waals surface area contributed by atoms with E-state index in [1.54, 1.807) is 23.5 Å². The fourth-order valence-corrected chi connectivity index (χ4v) is 10.5. The van der Waals surface area contributed by atoms with E-state index in [2.05, 4.69) is 83.6 Å². The lowest BCUT2D eigenvalue weighted by atomic mass is 10.1. The Hall–Kier alpha value is -3.76. The smallest absolute Gasteiger partial charge is 0.261 e. The maximum absolute atomic E-state index is 13.8. The first-order valence-corrected chi connectivity index (χ1v) is 16.8. The molecular weight excluding hydrogens is 549 g/mol. The van der Waals surface area contributed by atoms with Crippen LogP contribution < -0.4 is 15.3 Å². The zero-order valence-electron chi connectivity index (χ0n) is 21.9. The van der Waals surface area contributed by atoms with Crippen molar-refractivity contribution in [3.8, 4) is 0 Å². The van der Waals surface area contributed by atoms with Gasteiger partial charge in [0.05, 0.1) is 10.6 Å². The monoisotopic (exact) mass is 577 g/mol. The minimum absolute atomic E-state index is 0.0749. The van der Waals surface area contributed by atoms with E-state index >= 15 is 0 Å². The van der Waals surface area contributed by atoms with Gasteiger partial charge in [0.15, 0.2) is 0 Å². The van der Waals surface area contributed by atoms with Gasteiger partial charge in [-0.25, -0.2) is 8.42 Å². The van der Waals surface area contributed by atoms with Crippen molar-refractivity contribution in [1.82, 2.24) is 0 Å². The summed E-state index contributed by atoms with van der Waals surface area (Å²) in [5.41, 5.74) is 2.76. The second-order valence-corrected chi connectivity index (χ2v) is 14.7. The molecule has 0 spiro atoms. The quantitative estimate of drug-likeness (QED) is 0.185. The summed E-state index contributed by atoms with van der Waals surface area (Å²) in [6, 6.07) is 46.7. The molecule has 1 heterocycles. The molecule has 5 aromatic carbocycles. The molecule has 1 atom stereocenters. The second kappa shape index (κ2) is 11.4. The molecule has 198 valence electrons. The number of fused-ring (bicyclic) bond motifs is 1. The maximum Gasteiger partial charge on any atom is 0.261 e. The lowest BCUT2D eigenvalue weighted by Gasteiger charge is -2.29. The molecule has 1 aromatic heterocycles. The summed E-state index contributed by atoms with van der Waals surface area (Å²) >= 11 is 1.67. The summed E-state index contributed by atoms with van der Waals surface area (Å²) in [6.45, 7) is 1.95. The Balaban J connectivity index is 1.61. The normalized spacial score (nSPS) is 12.4. The van der Waals surface area contributed by atoms with Gasteiger partial charge < -0.3 is 0 Å². The predicted octanol–water partition coefficient (Wildman–Crippen LogP) is 8.23. The predicted molar refractivity (Wildman–Crippen MR) is 171 cm³/mol. The maximum atomic E-state index is 13.8. The van der Waals surface area contributed by atoms with E-state index in [1.165, 1.54) is 10.6 Å². The minimum Gasteiger partial charge on any atom is -0.278 e. The van der Waals surface area contributed by atoms with Crippen LogP contribution in [0.1, 0.15) is 21.7 Å². The van der Waals surface area contributed by atoms with Gasteiger partial charge in [-0.2, -0.15) is 0 Å². The number of thiophene rings is 1. The van der Waals surface area contributed by atoms with Crippen LogP contribution in [-0.2, 0) is 10.0 Å². The molecule has 6 aromatic rings. The van der Waals surface area contributed by atoms with Crippen LogP contribution in [0.4, 0.5) is 5.69 Å². The van der Waals surface area contributed by atoms with E-state index in [0.29, 0.717) is 5.69 Å². The topological polar surface area (TPSA) is 46.2 Å². The Morgan fingerprint density at radius 1 is 0.650 bits per heavy atom. The first-order valence-electron chi connectivity index (χ1n) is 13.1. The number of hydrogen-bond donors (Lipinski definition) is 1. The Kier molecular flexibility index (Phi) is 7.53. The van der Waals surface area contributed by atoms with E-state index in [9.17, 15) is 8.42 Å². The molecule has 1 N–H and O–H groups in total. The third kappa shape index (κ3) is 5.33. The molecule has 3 nitrogen and oxygen atoms in total. The Morgan fingerprint density at radius 3 is 1.77 bits per heavy atom. The third-order valence-corrected chi connectivity index (χ3v) is 12.4. The van der Waals surface area contributed by atoms with Crippen LogP contribution in [-0.4, -0.2) is 8.42 Å². The SMILES string of the molecule is Cc1ccc(S(=O)(=O)Nc2c([C@H](c3ccccc3)P(c3ccccc3)c3ccccc3)sc3ccccc23)cc1. The summed E-state index contributed by atoms with van der Waals surface area (Å²) in [6.07, 6.45) is 0. The minimum atomic E-state index is -3.82. The Labute approximate surface area is 241 Å². The lowest BCUT2D eigenvalue weighted by Crippen LogP contribution is -2.19. The van der Waals surface area contributed by atoms with Crippen molar-refractivity contribution in [3.63, 3.8) is 0 Å². The molecule has 0 saturated heterocycles. The first kappa shape index (κ1) is 26.5. The number of sulfonamides is 1. The summed E-state index contributed by atoms with van der Waals surface area (Å²) in [4.78, 5) is 1.27. The number of anilines is 1. The highest BCUT2D eigenvalue weighted by Crippen LogP contribution is 2.58. The number of benzene rings is 5. The summed E-state index contributed by atoms with van der Waals surface area (Å²) in [5, 5.41) is 3.39. The summed E-state index contributed by atoms with van der Waals surface area (Å²) in [5.74, 6) is 0. The number of rotatable bonds is 8. The fourth-order valence-electron chi connectivity index (χ4n) is 4.95. The van der Waals surface area contributed by atoms with Gasteiger partial charge in [-0.1, -0.05) is 127 Å². The van der Waals surface area contributed by atoms with Crippen LogP contribution in [0.25, 0.3) is 10.1 Å². The highest BCUT2D eigenvalue weighted by Gasteiger charge is 2.33. The van der Waals surface area contributed by atoms with Crippen LogP contribution >= 0.6 is 19.3 Å². The van der Waals surface area contributed by atoms with Gasteiger partial charge in [-0.15, -0.1) is 11.3 Å². The van der Waals surface area contributed by atoms with Crippen LogP contribution in [0, 0.1) is 6.92 Å². The molecule has 0 radical (unpaired) electrons. The third-order valence-electron chi connectivity index (χ3n) is 6.88. The fraction of sp³-hybridized carbons (Fsp3) is 0.0588. The van der Waals surface area contributed by atoms with Crippen LogP contribution in [0.3, 0.4) is 0 Å². The Bertz CT molecular complexity index is 1800. The van der Waals surface area contributed by atoms with Gasteiger partial charge in [0.1, 0.15) is 0 Å². The molecule has 0 bridgehead atoms. The van der Waals surface area contributed by atoms with Gasteiger partial charge in [-0.3, -0.25) is 4.72 Å². The van der Waals surface area contributed by atoms with Crippen molar-refractivity contribution in [1.29, 1.82) is 0 Å². The molecule has 0 aliphatic carbocycles. The molecule has 40 heavy (non-hydrogen) atoms. The number of nitrogens with one attached hydrogen (secondary N) is 1. The van der Waals surface area contributed by atoms with E-state index in [0.717, 1.165) is 26.1 Å².